The van der Waals surface area contributed by atoms with Crippen LogP contribution in [0.15, 0.2) is 54.9 Å². The number of amides is 1. The van der Waals surface area contributed by atoms with Crippen LogP contribution in [0.2, 0.25) is 5.02 Å². The summed E-state index contributed by atoms with van der Waals surface area (Å²) in [7, 11) is 1.60. The van der Waals surface area contributed by atoms with Gasteiger partial charge in [0.15, 0.2) is 11.6 Å². The lowest BCUT2D eigenvalue weighted by atomic mass is 9.96. The number of hydrogen-bond acceptors (Lipinski definition) is 5. The summed E-state index contributed by atoms with van der Waals surface area (Å²) < 4.78 is 7.24. The number of aryl methyl sites for hydroxylation is 3. The van der Waals surface area contributed by atoms with E-state index in [0.29, 0.717) is 41.9 Å². The van der Waals surface area contributed by atoms with E-state index in [-0.39, 0.29) is 11.9 Å². The molecule has 2 aromatic heterocycles. The van der Waals surface area contributed by atoms with Gasteiger partial charge in [0, 0.05) is 36.1 Å². The molecular weight excluding hydrogens is 522 g/mol. The normalized spacial score (nSPS) is 13.5. The largest absolute Gasteiger partial charge is 0.495 e. The molecule has 5 rings (SSSR count). The van der Waals surface area contributed by atoms with E-state index in [1.807, 2.05) is 35.0 Å². The SMILES string of the molecule is COc1ccc(-c2nc(-c3ccncc3)nn2CCN(C(=O)Cc2c(C)cc(C)cc2C)C2CCCC2)cc1Cl. The number of pyridine rings is 1. The number of methoxy groups -OCH3 is 1. The minimum absolute atomic E-state index is 0.172. The monoisotopic (exact) mass is 557 g/mol. The Morgan fingerprint density at radius 3 is 2.38 bits per heavy atom. The second kappa shape index (κ2) is 12.2. The summed E-state index contributed by atoms with van der Waals surface area (Å²) in [5.74, 6) is 2.07. The van der Waals surface area contributed by atoms with Gasteiger partial charge in [-0.2, -0.15) is 5.10 Å². The van der Waals surface area contributed by atoms with Crippen molar-refractivity contribution in [2.24, 2.45) is 0 Å². The highest BCUT2D eigenvalue weighted by Gasteiger charge is 2.28. The van der Waals surface area contributed by atoms with E-state index in [4.69, 9.17) is 26.4 Å². The number of ether oxygens (including phenoxy) is 1. The average Bonchev–Trinajstić information content (AvgIpc) is 3.62. The minimum atomic E-state index is 0.172. The van der Waals surface area contributed by atoms with Crippen LogP contribution >= 0.6 is 11.6 Å². The van der Waals surface area contributed by atoms with Crippen molar-refractivity contribution in [1.82, 2.24) is 24.6 Å². The Hall–Kier alpha value is -3.71. The summed E-state index contributed by atoms with van der Waals surface area (Å²) in [6.07, 6.45) is 8.26. The zero-order valence-electron chi connectivity index (χ0n) is 23.7. The number of halogens is 1. The van der Waals surface area contributed by atoms with Gasteiger partial charge < -0.3 is 9.64 Å². The second-order valence-electron chi connectivity index (χ2n) is 10.6. The molecule has 7 nitrogen and oxygen atoms in total. The fourth-order valence-electron chi connectivity index (χ4n) is 5.81. The number of carbonyl (C=O) groups excluding carboxylic acids is 1. The third-order valence-electron chi connectivity index (χ3n) is 7.83. The minimum Gasteiger partial charge on any atom is -0.495 e. The maximum atomic E-state index is 13.8. The quantitative estimate of drug-likeness (QED) is 0.231. The third kappa shape index (κ3) is 6.04. The van der Waals surface area contributed by atoms with Crippen molar-refractivity contribution in [2.75, 3.05) is 13.7 Å². The molecule has 0 aliphatic heterocycles. The summed E-state index contributed by atoms with van der Waals surface area (Å²) in [5.41, 5.74) is 6.42. The molecule has 1 fully saturated rings. The molecule has 2 heterocycles. The average molecular weight is 558 g/mol. The van der Waals surface area contributed by atoms with Gasteiger partial charge in [-0.15, -0.1) is 0 Å². The summed E-state index contributed by atoms with van der Waals surface area (Å²) in [5, 5.41) is 5.38. The lowest BCUT2D eigenvalue weighted by Crippen LogP contribution is -2.42. The van der Waals surface area contributed by atoms with Crippen LogP contribution in [0.5, 0.6) is 5.75 Å². The van der Waals surface area contributed by atoms with Crippen LogP contribution in [0.1, 0.15) is 47.9 Å². The fourth-order valence-corrected chi connectivity index (χ4v) is 6.07. The van der Waals surface area contributed by atoms with Crippen LogP contribution < -0.4 is 4.74 Å². The molecule has 2 aromatic carbocycles. The molecule has 0 bridgehead atoms. The Labute approximate surface area is 241 Å². The lowest BCUT2D eigenvalue weighted by Gasteiger charge is -2.30. The number of benzene rings is 2. The van der Waals surface area contributed by atoms with Crippen molar-refractivity contribution >= 4 is 17.5 Å². The van der Waals surface area contributed by atoms with E-state index >= 15 is 0 Å². The van der Waals surface area contributed by atoms with Gasteiger partial charge in [-0.3, -0.25) is 9.78 Å². The zero-order valence-corrected chi connectivity index (χ0v) is 24.4. The van der Waals surface area contributed by atoms with Crippen LogP contribution in [-0.2, 0) is 17.8 Å². The van der Waals surface area contributed by atoms with Crippen molar-refractivity contribution in [3.05, 3.63) is 82.1 Å². The molecule has 0 atom stereocenters. The summed E-state index contributed by atoms with van der Waals surface area (Å²) >= 11 is 6.48. The van der Waals surface area contributed by atoms with Crippen molar-refractivity contribution in [3.8, 4) is 28.5 Å². The Bertz CT molecular complexity index is 1470. The summed E-state index contributed by atoms with van der Waals surface area (Å²) in [4.78, 5) is 25.0. The van der Waals surface area contributed by atoms with Crippen LogP contribution in [0.25, 0.3) is 22.8 Å². The molecule has 1 aliphatic rings. The molecule has 40 heavy (non-hydrogen) atoms. The van der Waals surface area contributed by atoms with Gasteiger partial charge >= 0.3 is 0 Å². The number of hydrogen-bond donors (Lipinski definition) is 0. The van der Waals surface area contributed by atoms with E-state index in [1.165, 1.54) is 16.7 Å². The first kappa shape index (κ1) is 27.8. The highest BCUT2D eigenvalue weighted by atomic mass is 35.5. The maximum Gasteiger partial charge on any atom is 0.227 e. The molecule has 1 aliphatic carbocycles. The summed E-state index contributed by atoms with van der Waals surface area (Å²) in [6.45, 7) is 7.38. The Morgan fingerprint density at radius 2 is 1.73 bits per heavy atom. The van der Waals surface area contributed by atoms with E-state index in [1.54, 1.807) is 19.5 Å². The Kier molecular flexibility index (Phi) is 8.50. The molecule has 8 heteroatoms. The highest BCUT2D eigenvalue weighted by Crippen LogP contribution is 2.31. The molecule has 1 saturated carbocycles. The molecule has 0 spiro atoms. The maximum absolute atomic E-state index is 13.8. The lowest BCUT2D eigenvalue weighted by molar-refractivity contribution is -0.132. The Morgan fingerprint density at radius 1 is 1.02 bits per heavy atom. The number of rotatable bonds is 9. The van der Waals surface area contributed by atoms with E-state index < -0.39 is 0 Å². The smallest absolute Gasteiger partial charge is 0.227 e. The van der Waals surface area contributed by atoms with E-state index in [0.717, 1.165) is 42.4 Å². The molecule has 1 amide bonds. The number of carbonyl (C=O) groups is 1. The Balaban J connectivity index is 1.45. The van der Waals surface area contributed by atoms with E-state index in [2.05, 4.69) is 42.8 Å². The molecule has 0 N–H and O–H groups in total. The van der Waals surface area contributed by atoms with Crippen molar-refractivity contribution in [1.29, 1.82) is 0 Å². The van der Waals surface area contributed by atoms with Gasteiger partial charge in [-0.25, -0.2) is 9.67 Å². The van der Waals surface area contributed by atoms with Gasteiger partial charge in [-0.05, 0) is 80.6 Å². The molecule has 0 radical (unpaired) electrons. The van der Waals surface area contributed by atoms with Crippen LogP contribution in [0, 0.1) is 20.8 Å². The topological polar surface area (TPSA) is 73.1 Å². The third-order valence-corrected chi connectivity index (χ3v) is 8.12. The van der Waals surface area contributed by atoms with Crippen molar-refractivity contribution in [3.63, 3.8) is 0 Å². The molecule has 0 unspecified atom stereocenters. The van der Waals surface area contributed by atoms with Gasteiger partial charge in [0.1, 0.15) is 5.75 Å². The number of aromatic nitrogens is 4. The highest BCUT2D eigenvalue weighted by molar-refractivity contribution is 6.32. The van der Waals surface area contributed by atoms with Crippen LogP contribution in [-0.4, -0.2) is 50.3 Å². The predicted molar refractivity (Wildman–Crippen MR) is 159 cm³/mol. The predicted octanol–water partition coefficient (Wildman–Crippen LogP) is 6.61. The second-order valence-corrected chi connectivity index (χ2v) is 11.1. The van der Waals surface area contributed by atoms with Gasteiger partial charge in [0.25, 0.3) is 0 Å². The van der Waals surface area contributed by atoms with Gasteiger partial charge in [0.05, 0.1) is 25.1 Å². The van der Waals surface area contributed by atoms with Crippen LogP contribution in [0.3, 0.4) is 0 Å². The number of nitrogens with zero attached hydrogens (tertiary/aromatic N) is 5. The first-order chi connectivity index (χ1) is 19.3. The zero-order chi connectivity index (χ0) is 28.2. The molecular formula is C32H36ClN5O2. The van der Waals surface area contributed by atoms with Crippen molar-refractivity contribution < 1.29 is 9.53 Å². The molecule has 208 valence electrons. The standard InChI is InChI=1S/C32H36ClN5O2/c1-21-17-22(2)27(23(3)18-21)20-30(39)37(26-7-5-6-8-26)15-16-38-32(25-9-10-29(40-4)28(33)19-25)35-31(36-38)24-11-13-34-14-12-24/h9-14,17-19,26H,5-8,15-16,20H2,1-4H3. The van der Waals surface area contributed by atoms with Gasteiger partial charge in [0.2, 0.25) is 5.91 Å². The van der Waals surface area contributed by atoms with Gasteiger partial charge in [-0.1, -0.05) is 42.1 Å². The van der Waals surface area contributed by atoms with Crippen molar-refractivity contribution in [2.45, 2.75) is 65.5 Å². The molecule has 4 aromatic rings. The summed E-state index contributed by atoms with van der Waals surface area (Å²) in [6, 6.07) is 14.0. The fraction of sp³-hybridized carbons (Fsp3) is 0.375. The van der Waals surface area contributed by atoms with Crippen LogP contribution in [0.4, 0.5) is 0 Å². The van der Waals surface area contributed by atoms with E-state index in [9.17, 15) is 4.79 Å². The molecule has 0 saturated heterocycles. The first-order valence-electron chi connectivity index (χ1n) is 13.9. The first-order valence-corrected chi connectivity index (χ1v) is 14.3.